The number of hydrogen-bond acceptors (Lipinski definition) is 4. The molecule has 0 N–H and O–H groups in total. The number of pyridine rings is 1. The molecule has 1 aromatic heterocycles. The highest BCUT2D eigenvalue weighted by Gasteiger charge is 2.17. The van der Waals surface area contributed by atoms with Crippen LogP contribution in [0.4, 0.5) is 0 Å². The van der Waals surface area contributed by atoms with Crippen molar-refractivity contribution in [2.24, 2.45) is 0 Å². The molecule has 110 valence electrons. The second-order valence-corrected chi connectivity index (χ2v) is 4.36. The second-order valence-electron chi connectivity index (χ2n) is 4.36. The Kier molecular flexibility index (Phi) is 4.77. The Labute approximate surface area is 123 Å². The Balaban J connectivity index is 2.44. The molecule has 0 aliphatic rings. The molecule has 1 heterocycles. The first-order valence-electron chi connectivity index (χ1n) is 6.47. The van der Waals surface area contributed by atoms with Gasteiger partial charge in [-0.3, -0.25) is 0 Å². The molecule has 5 nitrogen and oxygen atoms in total. The zero-order valence-electron chi connectivity index (χ0n) is 12.3. The quantitative estimate of drug-likeness (QED) is 0.622. The Bertz CT molecular complexity index is 640. The van der Waals surface area contributed by atoms with E-state index in [4.69, 9.17) is 14.2 Å². The molecule has 1 aromatic carbocycles. The summed E-state index contributed by atoms with van der Waals surface area (Å²) in [5.41, 5.74) is 1.82. The lowest BCUT2D eigenvalue weighted by Gasteiger charge is -2.09. The van der Waals surface area contributed by atoms with Gasteiger partial charge in [-0.1, -0.05) is 0 Å². The first-order valence-corrected chi connectivity index (χ1v) is 6.47. The van der Waals surface area contributed by atoms with Gasteiger partial charge in [-0.2, -0.15) is 4.57 Å². The topological polar surface area (TPSA) is 48.6 Å². The fraction of sp³-hybridized carbons (Fsp3) is 0.250. The molecule has 0 aliphatic heterocycles. The summed E-state index contributed by atoms with van der Waals surface area (Å²) in [4.78, 5) is 11.5. The summed E-state index contributed by atoms with van der Waals surface area (Å²) in [6, 6.07) is 11.4. The summed E-state index contributed by atoms with van der Waals surface area (Å²) < 4.78 is 17.1. The lowest BCUT2D eigenvalue weighted by Crippen LogP contribution is -2.40. The maximum Gasteiger partial charge on any atom is 0.372 e. The Morgan fingerprint density at radius 3 is 2.48 bits per heavy atom. The van der Waals surface area contributed by atoms with E-state index in [-0.39, 0.29) is 12.5 Å². The summed E-state index contributed by atoms with van der Waals surface area (Å²) in [5, 5.41) is 0. The van der Waals surface area contributed by atoms with Crippen molar-refractivity contribution < 1.29 is 23.6 Å². The van der Waals surface area contributed by atoms with Gasteiger partial charge in [0.1, 0.15) is 0 Å². The van der Waals surface area contributed by atoms with Crippen LogP contribution in [-0.2, 0) is 16.1 Å². The Morgan fingerprint density at radius 2 is 1.81 bits per heavy atom. The predicted octanol–water partition coefficient (Wildman–Crippen LogP) is 1.83. The third-order valence-corrected chi connectivity index (χ3v) is 3.15. The summed E-state index contributed by atoms with van der Waals surface area (Å²) >= 11 is 0. The zero-order chi connectivity index (χ0) is 15.2. The molecule has 2 rings (SSSR count). The number of aromatic nitrogens is 1. The van der Waals surface area contributed by atoms with Crippen molar-refractivity contribution in [3.63, 3.8) is 0 Å². The van der Waals surface area contributed by atoms with E-state index in [1.807, 2.05) is 47.2 Å². The molecule has 2 aromatic rings. The van der Waals surface area contributed by atoms with Crippen LogP contribution in [0.2, 0.25) is 0 Å². The number of benzene rings is 1. The molecule has 0 spiro atoms. The van der Waals surface area contributed by atoms with Crippen LogP contribution in [0.5, 0.6) is 11.5 Å². The van der Waals surface area contributed by atoms with E-state index in [1.165, 1.54) is 7.11 Å². The molecule has 21 heavy (non-hydrogen) atoms. The molecular weight excluding hydrogens is 270 g/mol. The third kappa shape index (κ3) is 3.31. The standard InChI is InChI=1S/C16H18NO4/c1-19-14-8-7-12(10-15(14)20-2)13-6-4-5-9-17(13)11-16(18)21-3/h4-10H,11H2,1-3H3/q+1. The van der Waals surface area contributed by atoms with E-state index in [2.05, 4.69) is 0 Å². The smallest absolute Gasteiger partial charge is 0.372 e. The molecule has 5 heteroatoms. The lowest BCUT2D eigenvalue weighted by atomic mass is 10.1. The van der Waals surface area contributed by atoms with Gasteiger partial charge in [0.15, 0.2) is 17.7 Å². The second kappa shape index (κ2) is 6.74. The van der Waals surface area contributed by atoms with Gasteiger partial charge in [0, 0.05) is 12.1 Å². The van der Waals surface area contributed by atoms with Crippen molar-refractivity contribution in [2.45, 2.75) is 6.54 Å². The molecule has 0 amide bonds. The number of hydrogen-bond donors (Lipinski definition) is 0. The van der Waals surface area contributed by atoms with E-state index in [9.17, 15) is 4.79 Å². The van der Waals surface area contributed by atoms with Gasteiger partial charge in [0.05, 0.1) is 26.9 Å². The number of carbonyl (C=O) groups excluding carboxylic acids is 1. The first-order chi connectivity index (χ1) is 10.2. The minimum atomic E-state index is -0.298. The van der Waals surface area contributed by atoms with Crippen LogP contribution in [0.1, 0.15) is 0 Å². The molecular formula is C16H18NO4+. The fourth-order valence-corrected chi connectivity index (χ4v) is 2.08. The molecule has 0 unspecified atom stereocenters. The SMILES string of the molecule is COC(=O)C[n+]1ccccc1-c1ccc(OC)c(OC)c1. The number of rotatable bonds is 5. The highest BCUT2D eigenvalue weighted by molar-refractivity contribution is 5.68. The Hall–Kier alpha value is -2.56. The zero-order valence-corrected chi connectivity index (χ0v) is 12.3. The van der Waals surface area contributed by atoms with Crippen LogP contribution in [0, 0.1) is 0 Å². The van der Waals surface area contributed by atoms with Crippen LogP contribution in [0.25, 0.3) is 11.3 Å². The van der Waals surface area contributed by atoms with Crippen LogP contribution in [0.3, 0.4) is 0 Å². The van der Waals surface area contributed by atoms with Gasteiger partial charge >= 0.3 is 5.97 Å². The van der Waals surface area contributed by atoms with Gasteiger partial charge in [0.2, 0.25) is 12.2 Å². The highest BCUT2D eigenvalue weighted by atomic mass is 16.5. The summed E-state index contributed by atoms with van der Waals surface area (Å²) in [6.07, 6.45) is 1.84. The Morgan fingerprint density at radius 1 is 1.05 bits per heavy atom. The van der Waals surface area contributed by atoms with Crippen molar-refractivity contribution in [2.75, 3.05) is 21.3 Å². The van der Waals surface area contributed by atoms with Gasteiger partial charge in [0.25, 0.3) is 0 Å². The minimum Gasteiger partial charge on any atom is -0.493 e. The van der Waals surface area contributed by atoms with Crippen molar-refractivity contribution in [1.29, 1.82) is 0 Å². The van der Waals surface area contributed by atoms with Gasteiger partial charge in [-0.25, -0.2) is 4.79 Å². The number of methoxy groups -OCH3 is 3. The predicted molar refractivity (Wildman–Crippen MR) is 77.2 cm³/mol. The van der Waals surface area contributed by atoms with Crippen LogP contribution in [0.15, 0.2) is 42.6 Å². The fourth-order valence-electron chi connectivity index (χ4n) is 2.08. The van der Waals surface area contributed by atoms with Gasteiger partial charge in [-0.05, 0) is 24.3 Å². The number of nitrogens with zero attached hydrogens (tertiary/aromatic N) is 1. The largest absolute Gasteiger partial charge is 0.493 e. The van der Waals surface area contributed by atoms with Gasteiger partial charge < -0.3 is 14.2 Å². The van der Waals surface area contributed by atoms with Crippen molar-refractivity contribution in [3.8, 4) is 22.8 Å². The maximum atomic E-state index is 11.5. The van der Waals surface area contributed by atoms with Crippen LogP contribution in [-0.4, -0.2) is 27.3 Å². The minimum absolute atomic E-state index is 0.154. The monoisotopic (exact) mass is 288 g/mol. The molecule has 0 bridgehead atoms. The molecule has 0 radical (unpaired) electrons. The molecule has 0 atom stereocenters. The van der Waals surface area contributed by atoms with Crippen molar-refractivity contribution in [3.05, 3.63) is 42.6 Å². The van der Waals surface area contributed by atoms with E-state index < -0.39 is 0 Å². The number of esters is 1. The van der Waals surface area contributed by atoms with Crippen molar-refractivity contribution >= 4 is 5.97 Å². The molecule has 0 saturated heterocycles. The van der Waals surface area contributed by atoms with Crippen molar-refractivity contribution in [1.82, 2.24) is 0 Å². The lowest BCUT2D eigenvalue weighted by molar-refractivity contribution is -0.675. The summed E-state index contributed by atoms with van der Waals surface area (Å²) in [6.45, 7) is 0.154. The maximum absolute atomic E-state index is 11.5. The van der Waals surface area contributed by atoms with E-state index in [0.717, 1.165) is 11.3 Å². The number of carbonyl (C=O) groups is 1. The highest BCUT2D eigenvalue weighted by Crippen LogP contribution is 2.31. The van der Waals surface area contributed by atoms with Crippen LogP contribution < -0.4 is 14.0 Å². The first kappa shape index (κ1) is 14.8. The normalized spacial score (nSPS) is 10.0. The van der Waals surface area contributed by atoms with Crippen LogP contribution >= 0.6 is 0 Å². The van der Waals surface area contributed by atoms with E-state index in [0.29, 0.717) is 11.5 Å². The molecule has 0 fully saturated rings. The molecule has 0 saturated carbocycles. The average molecular weight is 288 g/mol. The van der Waals surface area contributed by atoms with E-state index in [1.54, 1.807) is 14.2 Å². The average Bonchev–Trinajstić information content (AvgIpc) is 2.54. The molecule has 0 aliphatic carbocycles. The summed E-state index contributed by atoms with van der Waals surface area (Å²) in [5.74, 6) is 1.01. The summed E-state index contributed by atoms with van der Waals surface area (Å²) in [7, 11) is 4.56. The third-order valence-electron chi connectivity index (χ3n) is 3.15. The number of ether oxygens (including phenoxy) is 3. The van der Waals surface area contributed by atoms with Gasteiger partial charge in [-0.15, -0.1) is 0 Å². The van der Waals surface area contributed by atoms with E-state index >= 15 is 0 Å².